The number of hydrogen-bond acceptors (Lipinski definition) is 5. The van der Waals surface area contributed by atoms with Gasteiger partial charge in [0.2, 0.25) is 5.88 Å². The molecule has 146 valence electrons. The Morgan fingerprint density at radius 1 is 1.30 bits per heavy atom. The lowest BCUT2D eigenvalue weighted by molar-refractivity contribution is 0.0235. The van der Waals surface area contributed by atoms with Crippen LogP contribution < -0.4 is 4.74 Å². The Morgan fingerprint density at radius 2 is 2.07 bits per heavy atom. The van der Waals surface area contributed by atoms with Crippen LogP contribution in [0.25, 0.3) is 0 Å². The molecule has 0 saturated carbocycles. The van der Waals surface area contributed by atoms with Crippen molar-refractivity contribution in [3.63, 3.8) is 0 Å². The molecule has 2 aliphatic heterocycles. The Kier molecular flexibility index (Phi) is 6.22. The van der Waals surface area contributed by atoms with Crippen molar-refractivity contribution in [3.8, 4) is 17.7 Å². The van der Waals surface area contributed by atoms with E-state index in [9.17, 15) is 4.79 Å². The van der Waals surface area contributed by atoms with Crippen LogP contribution in [0.15, 0.2) is 18.3 Å². The fourth-order valence-electron chi connectivity index (χ4n) is 3.15. The first-order valence-corrected chi connectivity index (χ1v) is 9.63. The van der Waals surface area contributed by atoms with E-state index in [2.05, 4.69) is 16.8 Å². The summed E-state index contributed by atoms with van der Waals surface area (Å²) < 4.78 is 16.9. The molecule has 0 spiro atoms. The molecule has 1 aromatic heterocycles. The van der Waals surface area contributed by atoms with Crippen molar-refractivity contribution in [2.45, 2.75) is 64.2 Å². The van der Waals surface area contributed by atoms with Gasteiger partial charge in [0.15, 0.2) is 0 Å². The highest BCUT2D eigenvalue weighted by Gasteiger charge is 2.31. The van der Waals surface area contributed by atoms with E-state index in [4.69, 9.17) is 14.2 Å². The van der Waals surface area contributed by atoms with Gasteiger partial charge in [0, 0.05) is 25.6 Å². The molecule has 0 radical (unpaired) electrons. The molecule has 27 heavy (non-hydrogen) atoms. The average Bonchev–Trinajstić information content (AvgIpc) is 3.09. The summed E-state index contributed by atoms with van der Waals surface area (Å²) in [5.74, 6) is 6.95. The Balaban J connectivity index is 1.70. The van der Waals surface area contributed by atoms with Gasteiger partial charge in [-0.1, -0.05) is 11.8 Å². The van der Waals surface area contributed by atoms with Gasteiger partial charge in [-0.15, -0.1) is 0 Å². The highest BCUT2D eigenvalue weighted by molar-refractivity contribution is 5.69. The first kappa shape index (κ1) is 19.5. The molecule has 1 unspecified atom stereocenters. The summed E-state index contributed by atoms with van der Waals surface area (Å²) in [6, 6.07) is 3.61. The Bertz CT molecular complexity index is 711. The zero-order chi connectivity index (χ0) is 19.3. The SMILES string of the molecule is CC(C)(C)OC(=O)N1CCCC1C#Cc1cccnc1OC1CCOCC1. The molecule has 0 bridgehead atoms. The van der Waals surface area contributed by atoms with Gasteiger partial charge in [0.1, 0.15) is 11.7 Å². The summed E-state index contributed by atoms with van der Waals surface area (Å²) in [5.41, 5.74) is 0.242. The Hall–Kier alpha value is -2.26. The maximum atomic E-state index is 12.4. The van der Waals surface area contributed by atoms with Crippen molar-refractivity contribution >= 4 is 6.09 Å². The van der Waals surface area contributed by atoms with Crippen LogP contribution in [0.4, 0.5) is 4.79 Å². The van der Waals surface area contributed by atoms with Gasteiger partial charge in [0.05, 0.1) is 24.8 Å². The fourth-order valence-corrected chi connectivity index (χ4v) is 3.15. The topological polar surface area (TPSA) is 60.9 Å². The van der Waals surface area contributed by atoms with Crippen molar-refractivity contribution < 1.29 is 19.0 Å². The minimum Gasteiger partial charge on any atom is -0.473 e. The van der Waals surface area contributed by atoms with Crippen LogP contribution in [-0.2, 0) is 9.47 Å². The third-order valence-corrected chi connectivity index (χ3v) is 4.47. The predicted molar refractivity (Wildman–Crippen MR) is 102 cm³/mol. The molecule has 0 aliphatic carbocycles. The highest BCUT2D eigenvalue weighted by Crippen LogP contribution is 2.22. The van der Waals surface area contributed by atoms with Crippen molar-refractivity contribution in [3.05, 3.63) is 23.9 Å². The molecule has 6 nitrogen and oxygen atoms in total. The molecule has 1 aromatic rings. The average molecular weight is 372 g/mol. The first-order chi connectivity index (χ1) is 12.9. The van der Waals surface area contributed by atoms with Crippen molar-refractivity contribution in [2.24, 2.45) is 0 Å². The van der Waals surface area contributed by atoms with Crippen LogP contribution >= 0.6 is 0 Å². The molecular formula is C21H28N2O4. The summed E-state index contributed by atoms with van der Waals surface area (Å²) in [6.45, 7) is 7.72. The predicted octanol–water partition coefficient (Wildman–Crippen LogP) is 3.39. The van der Waals surface area contributed by atoms with Gasteiger partial charge < -0.3 is 14.2 Å². The first-order valence-electron chi connectivity index (χ1n) is 9.63. The number of nitrogens with zero attached hydrogens (tertiary/aromatic N) is 2. The van der Waals surface area contributed by atoms with Crippen molar-refractivity contribution in [2.75, 3.05) is 19.8 Å². The second-order valence-corrected chi connectivity index (χ2v) is 7.89. The number of carbonyl (C=O) groups is 1. The van der Waals surface area contributed by atoms with E-state index in [1.165, 1.54) is 0 Å². The van der Waals surface area contributed by atoms with E-state index in [1.54, 1.807) is 11.1 Å². The smallest absolute Gasteiger partial charge is 0.411 e. The number of likely N-dealkylation sites (tertiary alicyclic amines) is 1. The standard InChI is InChI=1S/C21H28N2O4/c1-21(2,3)27-20(24)23-13-5-7-17(23)9-8-16-6-4-12-22-19(16)26-18-10-14-25-15-11-18/h4,6,12,17-18H,5,7,10-11,13-15H2,1-3H3. The van der Waals surface area contributed by atoms with E-state index in [0.29, 0.717) is 25.6 Å². The van der Waals surface area contributed by atoms with Gasteiger partial charge in [-0.25, -0.2) is 9.78 Å². The third kappa shape index (κ3) is 5.61. The highest BCUT2D eigenvalue weighted by atomic mass is 16.6. The van der Waals surface area contributed by atoms with Crippen LogP contribution in [0.5, 0.6) is 5.88 Å². The molecule has 2 aliphatic rings. The zero-order valence-corrected chi connectivity index (χ0v) is 16.4. The molecule has 3 heterocycles. The van der Waals surface area contributed by atoms with E-state index in [0.717, 1.165) is 31.2 Å². The van der Waals surface area contributed by atoms with Gasteiger partial charge >= 0.3 is 6.09 Å². The summed E-state index contributed by atoms with van der Waals surface area (Å²) in [7, 11) is 0. The van der Waals surface area contributed by atoms with E-state index < -0.39 is 5.60 Å². The molecular weight excluding hydrogens is 344 g/mol. The summed E-state index contributed by atoms with van der Waals surface area (Å²) in [5, 5.41) is 0. The lowest BCUT2D eigenvalue weighted by Crippen LogP contribution is -2.39. The second kappa shape index (κ2) is 8.62. The maximum absolute atomic E-state index is 12.4. The number of ether oxygens (including phenoxy) is 3. The van der Waals surface area contributed by atoms with Crippen LogP contribution in [0.2, 0.25) is 0 Å². The molecule has 2 fully saturated rings. The zero-order valence-electron chi connectivity index (χ0n) is 16.4. The van der Waals surface area contributed by atoms with E-state index >= 15 is 0 Å². The molecule has 0 aromatic carbocycles. The molecule has 1 amide bonds. The van der Waals surface area contributed by atoms with Gasteiger partial charge in [-0.2, -0.15) is 0 Å². The van der Waals surface area contributed by atoms with E-state index in [1.807, 2.05) is 32.9 Å². The number of amides is 1. The molecule has 1 atom stereocenters. The summed E-state index contributed by atoms with van der Waals surface area (Å²) >= 11 is 0. The lowest BCUT2D eigenvalue weighted by Gasteiger charge is -2.26. The largest absolute Gasteiger partial charge is 0.473 e. The number of rotatable bonds is 2. The van der Waals surface area contributed by atoms with Crippen LogP contribution in [0.3, 0.4) is 0 Å². The van der Waals surface area contributed by atoms with Crippen LogP contribution in [-0.4, -0.2) is 53.5 Å². The van der Waals surface area contributed by atoms with Crippen molar-refractivity contribution in [1.29, 1.82) is 0 Å². The fraction of sp³-hybridized carbons (Fsp3) is 0.619. The van der Waals surface area contributed by atoms with E-state index in [-0.39, 0.29) is 18.2 Å². The number of carbonyl (C=O) groups excluding carboxylic acids is 1. The second-order valence-electron chi connectivity index (χ2n) is 7.89. The van der Waals surface area contributed by atoms with Crippen molar-refractivity contribution in [1.82, 2.24) is 9.88 Å². The maximum Gasteiger partial charge on any atom is 0.411 e. The number of aromatic nitrogens is 1. The molecule has 6 heteroatoms. The van der Waals surface area contributed by atoms with Crippen LogP contribution in [0, 0.1) is 11.8 Å². The minimum absolute atomic E-state index is 0.110. The molecule has 0 N–H and O–H groups in total. The lowest BCUT2D eigenvalue weighted by atomic mass is 10.1. The normalized spacial score (nSPS) is 20.7. The Morgan fingerprint density at radius 3 is 2.81 bits per heavy atom. The molecule has 3 rings (SSSR count). The van der Waals surface area contributed by atoms with Gasteiger partial charge in [0.25, 0.3) is 0 Å². The quantitative estimate of drug-likeness (QED) is 0.745. The monoisotopic (exact) mass is 372 g/mol. The molecule has 2 saturated heterocycles. The summed E-state index contributed by atoms with van der Waals surface area (Å²) in [6.07, 6.45) is 5.02. The van der Waals surface area contributed by atoms with Crippen LogP contribution in [0.1, 0.15) is 52.0 Å². The third-order valence-electron chi connectivity index (χ3n) is 4.47. The number of hydrogen-bond donors (Lipinski definition) is 0. The van der Waals surface area contributed by atoms with Gasteiger partial charge in [-0.05, 0) is 45.7 Å². The minimum atomic E-state index is -0.508. The Labute approximate surface area is 161 Å². The number of pyridine rings is 1. The summed E-state index contributed by atoms with van der Waals surface area (Å²) in [4.78, 5) is 18.5. The van der Waals surface area contributed by atoms with Gasteiger partial charge in [-0.3, -0.25) is 4.90 Å².